The lowest BCUT2D eigenvalue weighted by Gasteiger charge is -2.23. The quantitative estimate of drug-likeness (QED) is 0.217. The Morgan fingerprint density at radius 2 is 1.91 bits per heavy atom. The van der Waals surface area contributed by atoms with Crippen LogP contribution in [0.1, 0.15) is 65.4 Å². The van der Waals surface area contributed by atoms with Gasteiger partial charge in [0.2, 0.25) is 23.6 Å². The predicted octanol–water partition coefficient (Wildman–Crippen LogP) is 1.54. The van der Waals surface area contributed by atoms with Crippen molar-refractivity contribution >= 4 is 29.3 Å². The van der Waals surface area contributed by atoms with Gasteiger partial charge in [0.25, 0.3) is 5.91 Å². The van der Waals surface area contributed by atoms with Crippen molar-refractivity contribution < 1.29 is 28.7 Å². The van der Waals surface area contributed by atoms with Gasteiger partial charge in [-0.25, -0.2) is 9.97 Å². The Kier molecular flexibility index (Phi) is 9.88. The first-order valence-corrected chi connectivity index (χ1v) is 15.0. The van der Waals surface area contributed by atoms with Gasteiger partial charge >= 0.3 is 0 Å². The summed E-state index contributed by atoms with van der Waals surface area (Å²) in [6.45, 7) is 3.59. The first-order chi connectivity index (χ1) is 21.7. The molecular formula is C32H37N7O6. The number of aliphatic hydroxyl groups excluding tert-OH is 1. The third-order valence-corrected chi connectivity index (χ3v) is 7.72. The second kappa shape index (κ2) is 14.2. The number of hydrogen-bond acceptors (Lipinski definition) is 8. The summed E-state index contributed by atoms with van der Waals surface area (Å²) in [4.78, 5) is 61.5. The molecule has 0 aliphatic carbocycles. The molecule has 13 nitrogen and oxygen atoms in total. The van der Waals surface area contributed by atoms with Crippen LogP contribution in [0.25, 0.3) is 5.65 Å². The van der Waals surface area contributed by atoms with E-state index in [1.54, 1.807) is 6.20 Å². The van der Waals surface area contributed by atoms with E-state index in [1.807, 2.05) is 60.0 Å². The van der Waals surface area contributed by atoms with Crippen LogP contribution in [0, 0.1) is 6.92 Å². The van der Waals surface area contributed by atoms with Gasteiger partial charge in [-0.05, 0) is 50.3 Å². The van der Waals surface area contributed by atoms with Gasteiger partial charge in [-0.2, -0.15) is 0 Å². The number of aliphatic hydroxyl groups is 1. The zero-order chi connectivity index (χ0) is 31.9. The molecule has 4 aromatic rings. The van der Waals surface area contributed by atoms with Crippen molar-refractivity contribution in [2.24, 2.45) is 0 Å². The summed E-state index contributed by atoms with van der Waals surface area (Å²) < 4.78 is 7.51. The van der Waals surface area contributed by atoms with Gasteiger partial charge in [0.1, 0.15) is 30.0 Å². The maximum Gasteiger partial charge on any atom is 0.273 e. The summed E-state index contributed by atoms with van der Waals surface area (Å²) in [6.07, 6.45) is 5.06. The number of imidazole rings is 1. The summed E-state index contributed by atoms with van der Waals surface area (Å²) in [5.41, 5.74) is 3.18. The van der Waals surface area contributed by atoms with E-state index in [0.717, 1.165) is 23.0 Å². The van der Waals surface area contributed by atoms with Gasteiger partial charge < -0.3 is 35.2 Å². The Morgan fingerprint density at radius 1 is 1.11 bits per heavy atom. The van der Waals surface area contributed by atoms with Gasteiger partial charge in [-0.15, -0.1) is 0 Å². The second-order valence-corrected chi connectivity index (χ2v) is 11.2. The molecule has 0 unspecified atom stereocenters. The lowest BCUT2D eigenvalue weighted by molar-refractivity contribution is -0.129. The average Bonchev–Trinajstić information content (AvgIpc) is 3.67. The minimum absolute atomic E-state index is 0.0108. The second-order valence-electron chi connectivity index (χ2n) is 11.2. The lowest BCUT2D eigenvalue weighted by Crippen LogP contribution is -2.52. The summed E-state index contributed by atoms with van der Waals surface area (Å²) in [5.74, 6) is -1.98. The first-order valence-electron chi connectivity index (χ1n) is 15.0. The number of oxazole rings is 1. The van der Waals surface area contributed by atoms with Crippen molar-refractivity contribution in [1.29, 1.82) is 0 Å². The fourth-order valence-corrected chi connectivity index (χ4v) is 5.30. The molecule has 45 heavy (non-hydrogen) atoms. The van der Waals surface area contributed by atoms with Crippen molar-refractivity contribution in [2.75, 3.05) is 6.54 Å². The molecule has 236 valence electrons. The van der Waals surface area contributed by atoms with Crippen LogP contribution in [-0.2, 0) is 27.2 Å². The number of nitrogens with one attached hydrogen (secondary N) is 4. The highest BCUT2D eigenvalue weighted by Crippen LogP contribution is 2.20. The molecule has 4 amide bonds. The maximum atomic E-state index is 13.8. The number of nitrogens with zero attached hydrogens (tertiary/aromatic N) is 3. The van der Waals surface area contributed by atoms with Crippen LogP contribution in [0.15, 0.2) is 65.5 Å². The van der Waals surface area contributed by atoms with Gasteiger partial charge in [-0.1, -0.05) is 36.4 Å². The number of benzene rings is 1. The van der Waals surface area contributed by atoms with Gasteiger partial charge in [0, 0.05) is 25.4 Å². The van der Waals surface area contributed by atoms with Crippen molar-refractivity contribution in [3.8, 4) is 0 Å². The maximum absolute atomic E-state index is 13.8. The minimum atomic E-state index is -1.21. The third-order valence-electron chi connectivity index (χ3n) is 7.72. The van der Waals surface area contributed by atoms with Crippen molar-refractivity contribution in [2.45, 2.75) is 70.2 Å². The van der Waals surface area contributed by atoms with Crippen molar-refractivity contribution in [3.63, 3.8) is 0 Å². The third kappa shape index (κ3) is 7.73. The molecule has 0 radical (unpaired) electrons. The number of amides is 4. The van der Waals surface area contributed by atoms with Crippen LogP contribution in [0.2, 0.25) is 0 Å². The number of carbonyl (C=O) groups is 4. The molecule has 13 heteroatoms. The SMILES string of the molecule is Cc1cccn2c(CC(=O)N[C@H]3CCCCNC(=O)[C@H]([C@@H](C)O)NC(=O)c4coc(n4)[C@H](Cc4ccccc4)NC3=O)cnc12. The molecule has 5 rings (SSSR count). The van der Waals surface area contributed by atoms with Crippen LogP contribution >= 0.6 is 0 Å². The van der Waals surface area contributed by atoms with Gasteiger partial charge in [0.15, 0.2) is 5.69 Å². The summed E-state index contributed by atoms with van der Waals surface area (Å²) >= 11 is 0. The first kappa shape index (κ1) is 31.4. The van der Waals surface area contributed by atoms with Crippen LogP contribution < -0.4 is 21.3 Å². The number of hydrogen-bond donors (Lipinski definition) is 5. The van der Waals surface area contributed by atoms with E-state index >= 15 is 0 Å². The Balaban J connectivity index is 1.40. The molecule has 0 saturated carbocycles. The molecule has 3 aromatic heterocycles. The molecule has 0 saturated heterocycles. The summed E-state index contributed by atoms with van der Waals surface area (Å²) in [5, 5.41) is 21.3. The van der Waals surface area contributed by atoms with Crippen molar-refractivity contribution in [1.82, 2.24) is 35.6 Å². The highest BCUT2D eigenvalue weighted by molar-refractivity contribution is 5.96. The Hall–Kier alpha value is -5.04. The molecule has 4 atom stereocenters. The van der Waals surface area contributed by atoms with Gasteiger partial charge in [0.05, 0.1) is 18.2 Å². The highest BCUT2D eigenvalue weighted by Gasteiger charge is 2.30. The lowest BCUT2D eigenvalue weighted by atomic mass is 10.0. The molecule has 2 bridgehead atoms. The Labute approximate surface area is 259 Å². The Morgan fingerprint density at radius 3 is 2.69 bits per heavy atom. The van der Waals surface area contributed by atoms with E-state index in [0.29, 0.717) is 31.4 Å². The fraction of sp³-hybridized carbons (Fsp3) is 0.375. The van der Waals surface area contributed by atoms with E-state index in [4.69, 9.17) is 4.42 Å². The number of aryl methyl sites for hydroxylation is 1. The molecule has 1 aromatic carbocycles. The largest absolute Gasteiger partial charge is 0.446 e. The summed E-state index contributed by atoms with van der Waals surface area (Å²) in [6, 6.07) is 10.3. The predicted molar refractivity (Wildman–Crippen MR) is 163 cm³/mol. The topological polar surface area (TPSA) is 180 Å². The zero-order valence-electron chi connectivity index (χ0n) is 25.2. The monoisotopic (exact) mass is 615 g/mol. The Bertz CT molecular complexity index is 1660. The smallest absolute Gasteiger partial charge is 0.273 e. The average molecular weight is 616 g/mol. The number of fused-ring (bicyclic) bond motifs is 3. The molecule has 0 fully saturated rings. The van der Waals surface area contributed by atoms with Crippen LogP contribution in [0.5, 0.6) is 0 Å². The zero-order valence-corrected chi connectivity index (χ0v) is 25.2. The fourth-order valence-electron chi connectivity index (χ4n) is 5.30. The van der Waals surface area contributed by atoms with Crippen LogP contribution in [-0.4, -0.2) is 67.8 Å². The van der Waals surface area contributed by atoms with E-state index in [-0.39, 0.29) is 30.5 Å². The highest BCUT2D eigenvalue weighted by atomic mass is 16.3. The van der Waals surface area contributed by atoms with E-state index in [9.17, 15) is 24.3 Å². The minimum Gasteiger partial charge on any atom is -0.446 e. The molecule has 4 heterocycles. The molecule has 5 N–H and O–H groups in total. The van der Waals surface area contributed by atoms with E-state index in [1.165, 1.54) is 6.92 Å². The van der Waals surface area contributed by atoms with Crippen molar-refractivity contribution in [3.05, 3.63) is 89.5 Å². The van der Waals surface area contributed by atoms with E-state index < -0.39 is 42.0 Å². The molecule has 1 aliphatic rings. The van der Waals surface area contributed by atoms with Crippen LogP contribution in [0.4, 0.5) is 0 Å². The summed E-state index contributed by atoms with van der Waals surface area (Å²) in [7, 11) is 0. The molecule has 0 spiro atoms. The van der Waals surface area contributed by atoms with Gasteiger partial charge in [-0.3, -0.25) is 19.2 Å². The number of aromatic nitrogens is 3. The number of rotatable bonds is 6. The molecular weight excluding hydrogens is 578 g/mol. The number of pyridine rings is 1. The normalized spacial score (nSPS) is 20.6. The standard InChI is InChI=1S/C32H37N7O6/c1-19-9-8-14-39-22(17-34-28(19)39)16-26(41)35-23-12-6-7-13-33-31(44)27(20(2)40)38-30(43)25-18-45-32(37-25)24(36-29(23)42)15-21-10-4-3-5-11-21/h3-5,8-11,14,17-18,20,23-24,27,40H,6-7,12-13,15-16H2,1-2H3,(H,33,44)(H,35,41)(H,36,42)(H,38,43)/t20-,23+,24+,27+/m1/s1. The molecule has 1 aliphatic heterocycles. The van der Waals surface area contributed by atoms with E-state index in [2.05, 4.69) is 31.2 Å². The number of carbonyl (C=O) groups excluding carboxylic acids is 4. The van der Waals surface area contributed by atoms with Crippen LogP contribution in [0.3, 0.4) is 0 Å².